The van der Waals surface area contributed by atoms with E-state index in [9.17, 15) is 13.2 Å². The normalized spacial score (nSPS) is 11.8. The van der Waals surface area contributed by atoms with E-state index < -0.39 is 10.0 Å². The molecule has 0 saturated heterocycles. The van der Waals surface area contributed by atoms with Gasteiger partial charge in [0.25, 0.3) is 0 Å². The first-order valence-corrected chi connectivity index (χ1v) is 8.68. The van der Waals surface area contributed by atoms with Gasteiger partial charge in [-0.15, -0.1) is 11.3 Å². The molecule has 8 heteroatoms. The van der Waals surface area contributed by atoms with Crippen LogP contribution in [0.15, 0.2) is 21.7 Å². The zero-order chi connectivity index (χ0) is 15.2. The Labute approximate surface area is 123 Å². The molecule has 0 fully saturated rings. The fourth-order valence-corrected chi connectivity index (χ4v) is 3.77. The zero-order valence-corrected chi connectivity index (χ0v) is 13.2. The number of carbonyl (C=O) groups is 1. The van der Waals surface area contributed by atoms with Crippen molar-refractivity contribution in [1.82, 2.24) is 9.62 Å². The zero-order valence-electron chi connectivity index (χ0n) is 11.6. The smallest absolute Gasteiger partial charge is 0.250 e. The molecule has 0 aromatic carbocycles. The van der Waals surface area contributed by atoms with Crippen molar-refractivity contribution in [3.8, 4) is 0 Å². The molecule has 0 unspecified atom stereocenters. The Kier molecular flexibility index (Phi) is 6.60. The van der Waals surface area contributed by atoms with Gasteiger partial charge in [-0.1, -0.05) is 6.07 Å². The summed E-state index contributed by atoms with van der Waals surface area (Å²) in [6, 6.07) is 3.15. The van der Waals surface area contributed by atoms with Gasteiger partial charge in [-0.25, -0.2) is 13.1 Å². The van der Waals surface area contributed by atoms with E-state index in [0.29, 0.717) is 0 Å². The van der Waals surface area contributed by atoms with Gasteiger partial charge < -0.3 is 10.0 Å². The van der Waals surface area contributed by atoms with Crippen molar-refractivity contribution in [1.29, 1.82) is 0 Å². The Hall–Kier alpha value is -0.960. The average Bonchev–Trinajstić information content (AvgIpc) is 2.89. The molecule has 114 valence electrons. The molecule has 1 aromatic rings. The molecule has 0 spiro atoms. The number of thiophene rings is 1. The molecule has 0 radical (unpaired) electrons. The molecular weight excluding hydrogens is 300 g/mol. The number of aliphatic hydroxyl groups is 1. The van der Waals surface area contributed by atoms with Gasteiger partial charge in [-0.05, 0) is 25.3 Å². The number of nitrogens with one attached hydrogen (secondary N) is 1. The maximum atomic E-state index is 11.9. The standard InChI is InChI=1S/C12H20N2O4S2/c1-10(2)14(7-8-15)11(16)5-6-13-20(17,18)12-4-3-9-19-12/h3-4,9-10,13,15H,5-8H2,1-2H3. The lowest BCUT2D eigenvalue weighted by Crippen LogP contribution is -2.40. The lowest BCUT2D eigenvalue weighted by molar-refractivity contribution is -0.133. The van der Waals surface area contributed by atoms with Crippen LogP contribution in [0, 0.1) is 0 Å². The molecule has 0 atom stereocenters. The summed E-state index contributed by atoms with van der Waals surface area (Å²) < 4.78 is 26.3. The summed E-state index contributed by atoms with van der Waals surface area (Å²) in [6.07, 6.45) is 0.0722. The number of amides is 1. The van der Waals surface area contributed by atoms with Crippen LogP contribution >= 0.6 is 11.3 Å². The van der Waals surface area contributed by atoms with Crippen LogP contribution in [0.25, 0.3) is 0 Å². The minimum atomic E-state index is -3.52. The minimum Gasteiger partial charge on any atom is -0.395 e. The molecule has 1 rings (SSSR count). The van der Waals surface area contributed by atoms with Gasteiger partial charge in [0.05, 0.1) is 6.61 Å². The molecule has 0 bridgehead atoms. The molecule has 20 heavy (non-hydrogen) atoms. The van der Waals surface area contributed by atoms with Crippen molar-refractivity contribution >= 4 is 27.3 Å². The van der Waals surface area contributed by atoms with Crippen LogP contribution in [0.1, 0.15) is 20.3 Å². The highest BCUT2D eigenvalue weighted by atomic mass is 32.2. The highest BCUT2D eigenvalue weighted by Crippen LogP contribution is 2.15. The van der Waals surface area contributed by atoms with E-state index in [-0.39, 0.29) is 42.3 Å². The summed E-state index contributed by atoms with van der Waals surface area (Å²) in [6.45, 7) is 3.90. The average molecular weight is 320 g/mol. The second kappa shape index (κ2) is 7.72. The molecule has 1 amide bonds. The van der Waals surface area contributed by atoms with Crippen molar-refractivity contribution < 1.29 is 18.3 Å². The Bertz CT molecular complexity index is 512. The van der Waals surface area contributed by atoms with Crippen LogP contribution in [0.2, 0.25) is 0 Å². The lowest BCUT2D eigenvalue weighted by atomic mass is 10.2. The fourth-order valence-electron chi connectivity index (χ4n) is 1.70. The predicted octanol–water partition coefficient (Wildman–Crippen LogP) is 0.646. The molecule has 0 aliphatic rings. The quantitative estimate of drug-likeness (QED) is 0.736. The second-order valence-electron chi connectivity index (χ2n) is 4.48. The van der Waals surface area contributed by atoms with Gasteiger partial charge in [0.15, 0.2) is 0 Å². The maximum Gasteiger partial charge on any atom is 0.250 e. The topological polar surface area (TPSA) is 86.7 Å². The third-order valence-corrected chi connectivity index (χ3v) is 5.53. The minimum absolute atomic E-state index is 0.0245. The number of hydrogen-bond acceptors (Lipinski definition) is 5. The van der Waals surface area contributed by atoms with Gasteiger partial charge in [-0.3, -0.25) is 4.79 Å². The molecule has 6 nitrogen and oxygen atoms in total. The summed E-state index contributed by atoms with van der Waals surface area (Å²) in [5.74, 6) is -0.178. The summed E-state index contributed by atoms with van der Waals surface area (Å²) in [5, 5.41) is 10.6. The Morgan fingerprint density at radius 2 is 2.20 bits per heavy atom. The third kappa shape index (κ3) is 4.86. The number of sulfonamides is 1. The Morgan fingerprint density at radius 1 is 1.50 bits per heavy atom. The molecule has 0 saturated carbocycles. The number of carbonyl (C=O) groups excluding carboxylic acids is 1. The van der Waals surface area contributed by atoms with Gasteiger partial charge in [0.2, 0.25) is 15.9 Å². The van der Waals surface area contributed by atoms with Gasteiger partial charge in [0, 0.05) is 25.6 Å². The Morgan fingerprint density at radius 3 is 2.70 bits per heavy atom. The summed E-state index contributed by atoms with van der Waals surface area (Å²) in [7, 11) is -3.52. The molecule has 1 aromatic heterocycles. The van der Waals surface area contributed by atoms with Crippen LogP contribution < -0.4 is 4.72 Å². The van der Waals surface area contributed by atoms with Crippen LogP contribution in [0.5, 0.6) is 0 Å². The molecule has 0 aliphatic carbocycles. The van der Waals surface area contributed by atoms with Crippen LogP contribution in [-0.4, -0.2) is 50.1 Å². The van der Waals surface area contributed by atoms with E-state index in [0.717, 1.165) is 11.3 Å². The highest BCUT2D eigenvalue weighted by Gasteiger charge is 2.18. The van der Waals surface area contributed by atoms with E-state index in [1.807, 2.05) is 13.8 Å². The van der Waals surface area contributed by atoms with Crippen molar-refractivity contribution in [3.63, 3.8) is 0 Å². The fraction of sp³-hybridized carbons (Fsp3) is 0.583. The second-order valence-corrected chi connectivity index (χ2v) is 7.43. The van der Waals surface area contributed by atoms with Gasteiger partial charge in [0.1, 0.15) is 4.21 Å². The van der Waals surface area contributed by atoms with Crippen molar-refractivity contribution in [2.45, 2.75) is 30.5 Å². The van der Waals surface area contributed by atoms with Crippen LogP contribution in [0.3, 0.4) is 0 Å². The summed E-state index contributed by atoms with van der Waals surface area (Å²) in [4.78, 5) is 13.5. The Balaban J connectivity index is 2.49. The number of hydrogen-bond donors (Lipinski definition) is 2. The number of nitrogens with zero attached hydrogens (tertiary/aromatic N) is 1. The van der Waals surface area contributed by atoms with E-state index in [1.54, 1.807) is 11.4 Å². The largest absolute Gasteiger partial charge is 0.395 e. The molecular formula is C12H20N2O4S2. The first kappa shape index (κ1) is 17.1. The monoisotopic (exact) mass is 320 g/mol. The van der Waals surface area contributed by atoms with Crippen LogP contribution in [-0.2, 0) is 14.8 Å². The first-order valence-electron chi connectivity index (χ1n) is 6.32. The lowest BCUT2D eigenvalue weighted by Gasteiger charge is -2.26. The van der Waals surface area contributed by atoms with E-state index in [4.69, 9.17) is 5.11 Å². The molecule has 0 aliphatic heterocycles. The highest BCUT2D eigenvalue weighted by molar-refractivity contribution is 7.91. The summed E-state index contributed by atoms with van der Waals surface area (Å²) in [5.41, 5.74) is 0. The SMILES string of the molecule is CC(C)N(CCO)C(=O)CCNS(=O)(=O)c1cccs1. The number of aliphatic hydroxyl groups excluding tert-OH is 1. The van der Waals surface area contributed by atoms with Crippen molar-refractivity contribution in [2.75, 3.05) is 19.7 Å². The van der Waals surface area contributed by atoms with E-state index >= 15 is 0 Å². The van der Waals surface area contributed by atoms with Gasteiger partial charge >= 0.3 is 0 Å². The molecule has 2 N–H and O–H groups in total. The first-order chi connectivity index (χ1) is 9.38. The van der Waals surface area contributed by atoms with Crippen LogP contribution in [0.4, 0.5) is 0 Å². The van der Waals surface area contributed by atoms with E-state index in [2.05, 4.69) is 4.72 Å². The van der Waals surface area contributed by atoms with Crippen molar-refractivity contribution in [3.05, 3.63) is 17.5 Å². The summed E-state index contributed by atoms with van der Waals surface area (Å²) >= 11 is 1.13. The third-order valence-electron chi connectivity index (χ3n) is 2.68. The van der Waals surface area contributed by atoms with E-state index in [1.165, 1.54) is 11.0 Å². The van der Waals surface area contributed by atoms with Gasteiger partial charge in [-0.2, -0.15) is 0 Å². The predicted molar refractivity (Wildman–Crippen MR) is 78.1 cm³/mol. The maximum absolute atomic E-state index is 11.9. The molecule has 1 heterocycles. The number of rotatable bonds is 8. The van der Waals surface area contributed by atoms with Crippen molar-refractivity contribution in [2.24, 2.45) is 0 Å².